The fourth-order valence-electron chi connectivity index (χ4n) is 3.12. The summed E-state index contributed by atoms with van der Waals surface area (Å²) in [6, 6.07) is 10.7. The molecule has 0 atom stereocenters. The van der Waals surface area contributed by atoms with Gasteiger partial charge in [-0.25, -0.2) is 4.79 Å². The molecule has 0 aliphatic heterocycles. The van der Waals surface area contributed by atoms with Gasteiger partial charge in [-0.3, -0.25) is 4.79 Å². The molecule has 0 spiro atoms. The number of methoxy groups -OCH3 is 1. The Morgan fingerprint density at radius 2 is 1.50 bits per heavy atom. The van der Waals surface area contributed by atoms with Crippen molar-refractivity contribution in [2.24, 2.45) is 5.92 Å². The number of benzene rings is 2. The number of carbonyl (C=O) groups is 2. The number of esters is 1. The van der Waals surface area contributed by atoms with E-state index in [2.05, 4.69) is 18.6 Å². The number of carbonyl (C=O) groups excluding carboxylic acids is 2. The highest BCUT2D eigenvalue weighted by Crippen LogP contribution is 2.26. The van der Waals surface area contributed by atoms with Gasteiger partial charge in [-0.05, 0) is 80.1 Å². The Kier molecular flexibility index (Phi) is 8.90. The van der Waals surface area contributed by atoms with Crippen molar-refractivity contribution in [2.75, 3.05) is 20.3 Å². The molecule has 30 heavy (non-hydrogen) atoms. The highest BCUT2D eigenvalue weighted by Gasteiger charge is 2.14. The monoisotopic (exact) mass is 412 g/mol. The minimum absolute atomic E-state index is 0.189. The molecule has 0 aromatic heterocycles. The molecule has 0 aliphatic rings. The summed E-state index contributed by atoms with van der Waals surface area (Å²) in [5.74, 6) is 1.72. The van der Waals surface area contributed by atoms with E-state index in [1.54, 1.807) is 24.3 Å². The molecule has 0 amide bonds. The van der Waals surface area contributed by atoms with Crippen LogP contribution in [0.5, 0.6) is 11.5 Å². The van der Waals surface area contributed by atoms with Crippen LogP contribution in [0.1, 0.15) is 65.0 Å². The van der Waals surface area contributed by atoms with Gasteiger partial charge in [0.1, 0.15) is 11.5 Å². The topological polar surface area (TPSA) is 61.8 Å². The van der Waals surface area contributed by atoms with Crippen molar-refractivity contribution in [2.45, 2.75) is 47.0 Å². The van der Waals surface area contributed by atoms with Gasteiger partial charge in [0.2, 0.25) is 0 Å². The van der Waals surface area contributed by atoms with Crippen molar-refractivity contribution in [3.05, 3.63) is 58.7 Å². The number of rotatable bonds is 11. The van der Waals surface area contributed by atoms with Crippen LogP contribution in [0.2, 0.25) is 0 Å². The molecule has 2 aromatic carbocycles. The zero-order chi connectivity index (χ0) is 22.1. The van der Waals surface area contributed by atoms with Crippen molar-refractivity contribution in [3.8, 4) is 11.5 Å². The van der Waals surface area contributed by atoms with E-state index in [1.165, 1.54) is 7.11 Å². The second-order valence-electron chi connectivity index (χ2n) is 7.80. The van der Waals surface area contributed by atoms with Crippen LogP contribution in [0.25, 0.3) is 0 Å². The van der Waals surface area contributed by atoms with E-state index >= 15 is 0 Å². The zero-order valence-electron chi connectivity index (χ0n) is 18.6. The van der Waals surface area contributed by atoms with Crippen molar-refractivity contribution in [1.29, 1.82) is 0 Å². The van der Waals surface area contributed by atoms with E-state index < -0.39 is 0 Å². The Hall–Kier alpha value is -2.82. The average molecular weight is 413 g/mol. The number of Topliss-reactive ketones (excluding diaryl/α,β-unsaturated/α-hetero) is 1. The molecule has 0 saturated heterocycles. The van der Waals surface area contributed by atoms with Gasteiger partial charge in [0.15, 0.2) is 5.78 Å². The van der Waals surface area contributed by atoms with Crippen LogP contribution >= 0.6 is 0 Å². The second kappa shape index (κ2) is 11.4. The summed E-state index contributed by atoms with van der Waals surface area (Å²) >= 11 is 0. The maximum Gasteiger partial charge on any atom is 0.337 e. The van der Waals surface area contributed by atoms with Gasteiger partial charge in [0.25, 0.3) is 0 Å². The molecule has 0 bridgehead atoms. The van der Waals surface area contributed by atoms with Gasteiger partial charge in [-0.1, -0.05) is 13.8 Å². The standard InChI is InChI=1S/C25H32O5/c1-17(2)16-23(26)22-12-13-24(19(4)18(22)3)30-15-7-6-14-29-21-10-8-20(9-11-21)25(27)28-5/h8-13,17H,6-7,14-16H2,1-5H3. The summed E-state index contributed by atoms with van der Waals surface area (Å²) in [5, 5.41) is 0. The van der Waals surface area contributed by atoms with Crippen molar-refractivity contribution < 1.29 is 23.8 Å². The van der Waals surface area contributed by atoms with Crippen LogP contribution in [0.15, 0.2) is 36.4 Å². The predicted octanol–water partition coefficient (Wildman–Crippen LogP) is 5.56. The molecule has 5 nitrogen and oxygen atoms in total. The first-order chi connectivity index (χ1) is 14.3. The third-order valence-corrected chi connectivity index (χ3v) is 4.97. The molecule has 0 saturated carbocycles. The van der Waals surface area contributed by atoms with E-state index in [1.807, 2.05) is 26.0 Å². The fraction of sp³-hybridized carbons (Fsp3) is 0.440. The van der Waals surface area contributed by atoms with Gasteiger partial charge >= 0.3 is 5.97 Å². The normalized spacial score (nSPS) is 10.7. The van der Waals surface area contributed by atoms with E-state index in [0.717, 1.165) is 41.0 Å². The summed E-state index contributed by atoms with van der Waals surface area (Å²) in [6.07, 6.45) is 2.26. The minimum Gasteiger partial charge on any atom is -0.494 e. The lowest BCUT2D eigenvalue weighted by Gasteiger charge is -2.15. The molecule has 0 N–H and O–H groups in total. The number of hydrogen-bond donors (Lipinski definition) is 0. The molecular weight excluding hydrogens is 380 g/mol. The number of ketones is 1. The SMILES string of the molecule is COC(=O)c1ccc(OCCCCOc2ccc(C(=O)CC(C)C)c(C)c2C)cc1. The molecule has 162 valence electrons. The van der Waals surface area contributed by atoms with Crippen LogP contribution in [0.4, 0.5) is 0 Å². The minimum atomic E-state index is -0.360. The molecule has 0 aliphatic carbocycles. The first-order valence-electron chi connectivity index (χ1n) is 10.4. The summed E-state index contributed by atoms with van der Waals surface area (Å²) < 4.78 is 16.3. The van der Waals surface area contributed by atoms with Crippen LogP contribution in [0.3, 0.4) is 0 Å². The van der Waals surface area contributed by atoms with Crippen LogP contribution in [0, 0.1) is 19.8 Å². The molecule has 0 fully saturated rings. The van der Waals surface area contributed by atoms with Gasteiger partial charge in [0, 0.05) is 12.0 Å². The Balaban J connectivity index is 1.76. The second-order valence-corrected chi connectivity index (χ2v) is 7.80. The summed E-state index contributed by atoms with van der Waals surface area (Å²) in [7, 11) is 1.36. The van der Waals surface area contributed by atoms with Gasteiger partial charge < -0.3 is 14.2 Å². The van der Waals surface area contributed by atoms with Crippen molar-refractivity contribution in [3.63, 3.8) is 0 Å². The summed E-state index contributed by atoms with van der Waals surface area (Å²) in [4.78, 5) is 23.8. The quantitative estimate of drug-likeness (QED) is 0.275. The van der Waals surface area contributed by atoms with E-state index in [-0.39, 0.29) is 11.8 Å². The van der Waals surface area contributed by atoms with Gasteiger partial charge in [0.05, 0.1) is 25.9 Å². The molecule has 0 radical (unpaired) electrons. The third kappa shape index (κ3) is 6.61. The first kappa shape index (κ1) is 23.5. The molecule has 0 heterocycles. The maximum atomic E-state index is 12.4. The van der Waals surface area contributed by atoms with Crippen LogP contribution in [-0.2, 0) is 4.74 Å². The Bertz CT molecular complexity index is 853. The smallest absolute Gasteiger partial charge is 0.337 e. The number of unbranched alkanes of at least 4 members (excludes halogenated alkanes) is 1. The average Bonchev–Trinajstić information content (AvgIpc) is 2.72. The largest absolute Gasteiger partial charge is 0.494 e. The van der Waals surface area contributed by atoms with Crippen LogP contribution in [-0.4, -0.2) is 32.1 Å². The molecular formula is C25H32O5. The zero-order valence-corrected chi connectivity index (χ0v) is 18.6. The highest BCUT2D eigenvalue weighted by molar-refractivity contribution is 5.98. The Morgan fingerprint density at radius 1 is 0.867 bits per heavy atom. The first-order valence-corrected chi connectivity index (χ1v) is 10.4. The third-order valence-electron chi connectivity index (χ3n) is 4.97. The molecule has 2 rings (SSSR count). The summed E-state index contributed by atoms with van der Waals surface area (Å²) in [6.45, 7) is 9.25. The molecule has 0 unspecified atom stereocenters. The molecule has 5 heteroatoms. The lowest BCUT2D eigenvalue weighted by molar-refractivity contribution is 0.0600. The lowest BCUT2D eigenvalue weighted by atomic mass is 9.95. The maximum absolute atomic E-state index is 12.4. The molecule has 2 aromatic rings. The fourth-order valence-corrected chi connectivity index (χ4v) is 3.12. The Morgan fingerprint density at radius 3 is 2.10 bits per heavy atom. The van der Waals surface area contributed by atoms with Gasteiger partial charge in [-0.15, -0.1) is 0 Å². The predicted molar refractivity (Wildman–Crippen MR) is 118 cm³/mol. The highest BCUT2D eigenvalue weighted by atomic mass is 16.5. The van der Waals surface area contributed by atoms with Gasteiger partial charge in [-0.2, -0.15) is 0 Å². The number of ether oxygens (including phenoxy) is 3. The van der Waals surface area contributed by atoms with Crippen molar-refractivity contribution in [1.82, 2.24) is 0 Å². The Labute approximate surface area is 179 Å². The van der Waals surface area contributed by atoms with E-state index in [0.29, 0.717) is 31.1 Å². The van der Waals surface area contributed by atoms with E-state index in [9.17, 15) is 9.59 Å². The lowest BCUT2D eigenvalue weighted by Crippen LogP contribution is -2.08. The van der Waals surface area contributed by atoms with Crippen LogP contribution < -0.4 is 9.47 Å². The van der Waals surface area contributed by atoms with E-state index in [4.69, 9.17) is 9.47 Å². The summed E-state index contributed by atoms with van der Waals surface area (Å²) in [5.41, 5.74) is 3.31. The van der Waals surface area contributed by atoms with Crippen molar-refractivity contribution >= 4 is 11.8 Å². The number of hydrogen-bond acceptors (Lipinski definition) is 5.